The van der Waals surface area contributed by atoms with Crippen molar-refractivity contribution < 1.29 is 8.42 Å². The van der Waals surface area contributed by atoms with Crippen molar-refractivity contribution in [3.8, 4) is 0 Å². The number of aromatic nitrogens is 2. The minimum atomic E-state index is -3.18. The van der Waals surface area contributed by atoms with Crippen LogP contribution in [0, 0.1) is 0 Å². The Bertz CT molecular complexity index is 628. The Morgan fingerprint density at radius 3 is 2.33 bits per heavy atom. The fourth-order valence-corrected chi connectivity index (χ4v) is 3.42. The van der Waals surface area contributed by atoms with Crippen LogP contribution >= 0.6 is 0 Å². The molecule has 0 fully saturated rings. The molecular formula is C13H23N5O2S. The van der Waals surface area contributed by atoms with Crippen LogP contribution in [0.1, 0.15) is 18.2 Å². The number of sulfonamides is 1. The van der Waals surface area contributed by atoms with Crippen molar-refractivity contribution in [1.29, 1.82) is 0 Å². The molecule has 118 valence electrons. The van der Waals surface area contributed by atoms with Gasteiger partial charge in [-0.1, -0.05) is 0 Å². The molecule has 0 unspecified atom stereocenters. The maximum atomic E-state index is 12.1. The Morgan fingerprint density at radius 1 is 1.14 bits per heavy atom. The molecule has 0 bridgehead atoms. The normalized spacial score (nSPS) is 15.7. The van der Waals surface area contributed by atoms with E-state index in [0.29, 0.717) is 25.5 Å². The first kappa shape index (κ1) is 16.0. The van der Waals surface area contributed by atoms with Crippen molar-refractivity contribution in [2.45, 2.75) is 19.9 Å². The van der Waals surface area contributed by atoms with Gasteiger partial charge >= 0.3 is 0 Å². The maximum Gasteiger partial charge on any atom is 0.227 e. The van der Waals surface area contributed by atoms with Gasteiger partial charge in [-0.05, 0) is 13.3 Å². The van der Waals surface area contributed by atoms with Crippen LogP contribution < -0.4 is 9.80 Å². The molecule has 1 aromatic heterocycles. The van der Waals surface area contributed by atoms with Gasteiger partial charge in [0.2, 0.25) is 16.0 Å². The third kappa shape index (κ3) is 3.11. The average molecular weight is 313 g/mol. The summed E-state index contributed by atoms with van der Waals surface area (Å²) in [5, 5.41) is 0. The van der Waals surface area contributed by atoms with Crippen molar-refractivity contribution in [1.82, 2.24) is 14.3 Å². The highest BCUT2D eigenvalue weighted by Gasteiger charge is 2.29. The minimum absolute atomic E-state index is 0.120. The maximum absolute atomic E-state index is 12.1. The van der Waals surface area contributed by atoms with Crippen molar-refractivity contribution in [2.24, 2.45) is 0 Å². The van der Waals surface area contributed by atoms with Crippen LogP contribution in [0.4, 0.5) is 11.8 Å². The van der Waals surface area contributed by atoms with Gasteiger partial charge in [-0.2, -0.15) is 9.29 Å². The summed E-state index contributed by atoms with van der Waals surface area (Å²) in [5.74, 6) is 1.60. The zero-order chi connectivity index (χ0) is 15.8. The highest BCUT2D eigenvalue weighted by Crippen LogP contribution is 2.28. The molecule has 0 saturated heterocycles. The Morgan fingerprint density at radius 2 is 1.81 bits per heavy atom. The number of rotatable bonds is 4. The molecule has 1 aromatic rings. The van der Waals surface area contributed by atoms with Crippen molar-refractivity contribution in [2.75, 3.05) is 50.3 Å². The first-order valence-electron chi connectivity index (χ1n) is 6.98. The fraction of sp³-hybridized carbons (Fsp3) is 0.692. The van der Waals surface area contributed by atoms with Crippen LogP contribution in [0.25, 0.3) is 0 Å². The Hall–Kier alpha value is -1.41. The van der Waals surface area contributed by atoms with Gasteiger partial charge in [0.1, 0.15) is 5.82 Å². The third-order valence-electron chi connectivity index (χ3n) is 3.58. The van der Waals surface area contributed by atoms with Gasteiger partial charge in [0.25, 0.3) is 0 Å². The van der Waals surface area contributed by atoms with Crippen LogP contribution in [0.15, 0.2) is 0 Å². The van der Waals surface area contributed by atoms with Gasteiger partial charge in [0.05, 0.1) is 18.0 Å². The Balaban J connectivity index is 2.47. The van der Waals surface area contributed by atoms with Gasteiger partial charge < -0.3 is 9.80 Å². The molecule has 1 aliphatic heterocycles. The van der Waals surface area contributed by atoms with Crippen LogP contribution in [-0.2, 0) is 23.0 Å². The van der Waals surface area contributed by atoms with Gasteiger partial charge in [-0.15, -0.1) is 0 Å². The lowest BCUT2D eigenvalue weighted by Crippen LogP contribution is -2.38. The van der Waals surface area contributed by atoms with Crippen LogP contribution in [0.3, 0.4) is 0 Å². The van der Waals surface area contributed by atoms with Crippen LogP contribution in [0.2, 0.25) is 0 Å². The van der Waals surface area contributed by atoms with Gasteiger partial charge in [-0.3, -0.25) is 0 Å². The Labute approximate surface area is 126 Å². The van der Waals surface area contributed by atoms with Gasteiger partial charge in [-0.25, -0.2) is 13.4 Å². The molecule has 2 rings (SSSR count). The van der Waals surface area contributed by atoms with Crippen LogP contribution in [-0.4, -0.2) is 63.2 Å². The summed E-state index contributed by atoms with van der Waals surface area (Å²) >= 11 is 0. The van der Waals surface area contributed by atoms with E-state index in [1.165, 1.54) is 4.31 Å². The SMILES string of the molecule is CCS(=O)(=O)N1CCc2c(nc(N(C)C)nc2N(C)C)C1. The molecule has 0 radical (unpaired) electrons. The summed E-state index contributed by atoms with van der Waals surface area (Å²) in [6.45, 7) is 2.49. The fourth-order valence-electron chi connectivity index (χ4n) is 2.36. The molecule has 0 amide bonds. The standard InChI is InChI=1S/C13H23N5O2S/c1-6-21(19,20)18-8-7-10-11(9-18)14-13(17(4)5)15-12(10)16(2)3/h6-9H2,1-5H3. The molecular weight excluding hydrogens is 290 g/mol. The minimum Gasteiger partial charge on any atom is -0.362 e. The quantitative estimate of drug-likeness (QED) is 0.797. The molecule has 8 heteroatoms. The summed E-state index contributed by atoms with van der Waals surface area (Å²) in [7, 11) is 4.46. The second kappa shape index (κ2) is 5.76. The topological polar surface area (TPSA) is 69.6 Å². The zero-order valence-corrected chi connectivity index (χ0v) is 14.1. The molecule has 0 spiro atoms. The predicted octanol–water partition coefficient (Wildman–Crippen LogP) is 0.316. The lowest BCUT2D eigenvalue weighted by Gasteiger charge is -2.30. The van der Waals surface area contributed by atoms with E-state index < -0.39 is 10.0 Å². The summed E-state index contributed by atoms with van der Waals surface area (Å²) in [4.78, 5) is 12.9. The number of fused-ring (bicyclic) bond motifs is 1. The summed E-state index contributed by atoms with van der Waals surface area (Å²) < 4.78 is 25.6. The lowest BCUT2D eigenvalue weighted by atomic mass is 10.1. The van der Waals surface area contributed by atoms with E-state index in [2.05, 4.69) is 9.97 Å². The van der Waals surface area contributed by atoms with Gasteiger partial charge in [0.15, 0.2) is 0 Å². The first-order chi connectivity index (χ1) is 9.76. The molecule has 0 aliphatic carbocycles. The molecule has 1 aliphatic rings. The number of nitrogens with zero attached hydrogens (tertiary/aromatic N) is 5. The Kier molecular flexibility index (Phi) is 4.38. The molecule has 7 nitrogen and oxygen atoms in total. The van der Waals surface area contributed by atoms with Crippen molar-refractivity contribution in [3.05, 3.63) is 11.3 Å². The second-order valence-corrected chi connectivity index (χ2v) is 7.80. The third-order valence-corrected chi connectivity index (χ3v) is 5.41. The van der Waals surface area contributed by atoms with Crippen molar-refractivity contribution in [3.63, 3.8) is 0 Å². The highest BCUT2D eigenvalue weighted by molar-refractivity contribution is 7.89. The first-order valence-corrected chi connectivity index (χ1v) is 8.59. The monoisotopic (exact) mass is 313 g/mol. The van der Waals surface area contributed by atoms with Crippen LogP contribution in [0.5, 0.6) is 0 Å². The van der Waals surface area contributed by atoms with E-state index in [4.69, 9.17) is 0 Å². The molecule has 21 heavy (non-hydrogen) atoms. The van der Waals surface area contributed by atoms with E-state index in [9.17, 15) is 8.42 Å². The van der Waals surface area contributed by atoms with Gasteiger partial charge in [0, 0.05) is 40.3 Å². The van der Waals surface area contributed by atoms with E-state index in [1.807, 2.05) is 38.0 Å². The smallest absolute Gasteiger partial charge is 0.227 e. The predicted molar refractivity (Wildman–Crippen MR) is 84.3 cm³/mol. The molecule has 0 N–H and O–H groups in total. The largest absolute Gasteiger partial charge is 0.362 e. The lowest BCUT2D eigenvalue weighted by molar-refractivity contribution is 0.385. The number of anilines is 2. The second-order valence-electron chi connectivity index (χ2n) is 5.55. The van der Waals surface area contributed by atoms with E-state index in [-0.39, 0.29) is 5.75 Å². The summed E-state index contributed by atoms with van der Waals surface area (Å²) in [6, 6.07) is 0. The molecule has 0 atom stereocenters. The van der Waals surface area contributed by atoms with E-state index in [0.717, 1.165) is 17.1 Å². The molecule has 0 aromatic carbocycles. The van der Waals surface area contributed by atoms with Crippen molar-refractivity contribution >= 4 is 21.8 Å². The average Bonchev–Trinajstić information content (AvgIpc) is 2.45. The number of hydrogen-bond acceptors (Lipinski definition) is 6. The molecule has 2 heterocycles. The summed E-state index contributed by atoms with van der Waals surface area (Å²) in [6.07, 6.45) is 0.649. The zero-order valence-electron chi connectivity index (χ0n) is 13.3. The summed E-state index contributed by atoms with van der Waals surface area (Å²) in [5.41, 5.74) is 1.86. The van der Waals surface area contributed by atoms with E-state index >= 15 is 0 Å². The van der Waals surface area contributed by atoms with E-state index in [1.54, 1.807) is 6.92 Å². The highest BCUT2D eigenvalue weighted by atomic mass is 32.2. The number of hydrogen-bond donors (Lipinski definition) is 0. The molecule has 0 saturated carbocycles.